The minimum Gasteiger partial charge on any atom is -0.389 e. The first-order valence-corrected chi connectivity index (χ1v) is 7.76. The largest absolute Gasteiger partial charge is 0.389 e. The summed E-state index contributed by atoms with van der Waals surface area (Å²) in [6.07, 6.45) is 5.85. The predicted octanol–water partition coefficient (Wildman–Crippen LogP) is 3.44. The highest BCUT2D eigenvalue weighted by molar-refractivity contribution is 6.31. The zero-order valence-corrected chi connectivity index (χ0v) is 13.7. The van der Waals surface area contributed by atoms with Crippen molar-refractivity contribution in [1.82, 2.24) is 9.97 Å². The van der Waals surface area contributed by atoms with E-state index in [4.69, 9.17) is 17.3 Å². The number of carbonyl (C=O) groups excluding carboxylic acids is 1. The van der Waals surface area contributed by atoms with Crippen LogP contribution in [0.4, 0.5) is 0 Å². The third-order valence-corrected chi connectivity index (χ3v) is 4.10. The van der Waals surface area contributed by atoms with E-state index in [-0.39, 0.29) is 0 Å². The molecule has 24 heavy (non-hydrogen) atoms. The van der Waals surface area contributed by atoms with E-state index < -0.39 is 12.0 Å². The molecule has 0 saturated heterocycles. The number of hydrogen-bond acceptors (Lipinski definition) is 3. The molecular formula is C18H16ClN3O2. The van der Waals surface area contributed by atoms with Gasteiger partial charge < -0.3 is 15.8 Å². The Morgan fingerprint density at radius 2 is 2.17 bits per heavy atom. The summed E-state index contributed by atoms with van der Waals surface area (Å²) < 4.78 is 0. The van der Waals surface area contributed by atoms with Gasteiger partial charge in [0.15, 0.2) is 0 Å². The highest BCUT2D eigenvalue weighted by Crippen LogP contribution is 2.30. The molecule has 1 aromatic carbocycles. The van der Waals surface area contributed by atoms with Gasteiger partial charge in [0.2, 0.25) is 5.91 Å². The van der Waals surface area contributed by atoms with Crippen LogP contribution in [0, 0.1) is 0 Å². The van der Waals surface area contributed by atoms with E-state index in [1.807, 2.05) is 12.1 Å². The van der Waals surface area contributed by atoms with Gasteiger partial charge >= 0.3 is 0 Å². The number of nitrogens with zero attached hydrogens (tertiary/aromatic N) is 1. The molecule has 122 valence electrons. The quantitative estimate of drug-likeness (QED) is 0.635. The molecule has 0 aliphatic rings. The summed E-state index contributed by atoms with van der Waals surface area (Å²) >= 11 is 6.24. The molecule has 1 atom stereocenters. The number of fused-ring (bicyclic) bond motifs is 1. The van der Waals surface area contributed by atoms with E-state index in [0.717, 1.165) is 27.7 Å². The molecular weight excluding hydrogens is 326 g/mol. The summed E-state index contributed by atoms with van der Waals surface area (Å²) in [5, 5.41) is 11.1. The Balaban J connectivity index is 2.06. The Bertz CT molecular complexity index is 945. The average Bonchev–Trinajstić information content (AvgIpc) is 2.94. The van der Waals surface area contributed by atoms with Crippen LogP contribution in [-0.4, -0.2) is 21.0 Å². The third-order valence-electron chi connectivity index (χ3n) is 3.77. The van der Waals surface area contributed by atoms with Crippen LogP contribution in [0.15, 0.2) is 42.7 Å². The third kappa shape index (κ3) is 3.18. The lowest BCUT2D eigenvalue weighted by molar-refractivity contribution is -0.113. The molecule has 2 aromatic heterocycles. The van der Waals surface area contributed by atoms with Crippen molar-refractivity contribution in [3.8, 4) is 11.1 Å². The smallest absolute Gasteiger partial charge is 0.241 e. The van der Waals surface area contributed by atoms with E-state index in [1.54, 1.807) is 37.5 Å². The van der Waals surface area contributed by atoms with Crippen LogP contribution >= 0.6 is 11.6 Å². The van der Waals surface area contributed by atoms with Gasteiger partial charge in [-0.25, -0.2) is 4.98 Å². The lowest BCUT2D eigenvalue weighted by Gasteiger charge is -2.09. The number of aromatic nitrogens is 2. The van der Waals surface area contributed by atoms with Crippen LogP contribution < -0.4 is 5.73 Å². The van der Waals surface area contributed by atoms with Gasteiger partial charge in [0.25, 0.3) is 0 Å². The molecule has 3 rings (SSSR count). The number of halogens is 1. The number of rotatable bonds is 4. The number of nitrogens with two attached hydrogens (primary N) is 1. The molecule has 2 heterocycles. The molecule has 0 saturated carbocycles. The van der Waals surface area contributed by atoms with Gasteiger partial charge in [-0.15, -0.1) is 0 Å². The second-order valence-electron chi connectivity index (χ2n) is 5.51. The fourth-order valence-corrected chi connectivity index (χ4v) is 2.88. The second kappa shape index (κ2) is 6.47. The van der Waals surface area contributed by atoms with Crippen molar-refractivity contribution in [3.63, 3.8) is 0 Å². The zero-order chi connectivity index (χ0) is 17.3. The molecule has 0 aliphatic carbocycles. The van der Waals surface area contributed by atoms with E-state index in [2.05, 4.69) is 9.97 Å². The first-order valence-electron chi connectivity index (χ1n) is 7.38. The van der Waals surface area contributed by atoms with Crippen molar-refractivity contribution < 1.29 is 9.90 Å². The molecule has 6 heteroatoms. The first-order chi connectivity index (χ1) is 11.5. The number of benzene rings is 1. The highest BCUT2D eigenvalue weighted by Gasteiger charge is 2.10. The summed E-state index contributed by atoms with van der Waals surface area (Å²) in [6.45, 7) is 1.67. The molecule has 0 radical (unpaired) electrons. The molecule has 5 nitrogen and oxygen atoms in total. The Morgan fingerprint density at radius 3 is 2.83 bits per heavy atom. The lowest BCUT2D eigenvalue weighted by Crippen LogP contribution is -2.04. The standard InChI is InChI=1S/C18H16ClN3O2/c1-10(23)14-4-2-11(7-16(14)19)13-6-15-12(3-5-17(20)24)8-21-18(15)22-9-13/h2-10,23H,1H3,(H2,20,24)(H,21,22)/t10-/m1/s1. The van der Waals surface area contributed by atoms with Crippen molar-refractivity contribution in [2.45, 2.75) is 13.0 Å². The normalized spacial score (nSPS) is 12.8. The van der Waals surface area contributed by atoms with Gasteiger partial charge in [-0.05, 0) is 36.3 Å². The maximum Gasteiger partial charge on any atom is 0.241 e. The van der Waals surface area contributed by atoms with Gasteiger partial charge in [-0.2, -0.15) is 0 Å². The number of carbonyl (C=O) groups is 1. The Morgan fingerprint density at radius 1 is 1.38 bits per heavy atom. The van der Waals surface area contributed by atoms with Crippen LogP contribution in [-0.2, 0) is 4.79 Å². The molecule has 0 aliphatic heterocycles. The SMILES string of the molecule is C[C@@H](O)c1ccc(-c2cnc3[nH]cc(C=CC(N)=O)c3c2)cc1Cl. The summed E-state index contributed by atoms with van der Waals surface area (Å²) in [5.41, 5.74) is 9.14. The van der Waals surface area contributed by atoms with E-state index in [1.165, 1.54) is 6.08 Å². The van der Waals surface area contributed by atoms with Crippen LogP contribution in [0.2, 0.25) is 5.02 Å². The number of amides is 1. The molecule has 3 aromatic rings. The van der Waals surface area contributed by atoms with E-state index in [9.17, 15) is 9.90 Å². The van der Waals surface area contributed by atoms with Crippen LogP contribution in [0.1, 0.15) is 24.2 Å². The number of H-pyrrole nitrogens is 1. The van der Waals surface area contributed by atoms with Gasteiger partial charge in [-0.3, -0.25) is 4.79 Å². The highest BCUT2D eigenvalue weighted by atomic mass is 35.5. The summed E-state index contributed by atoms with van der Waals surface area (Å²) in [6, 6.07) is 7.46. The summed E-state index contributed by atoms with van der Waals surface area (Å²) in [7, 11) is 0. The summed E-state index contributed by atoms with van der Waals surface area (Å²) in [5.74, 6) is -0.506. The second-order valence-corrected chi connectivity index (χ2v) is 5.92. The monoisotopic (exact) mass is 341 g/mol. The molecule has 0 bridgehead atoms. The predicted molar refractivity (Wildman–Crippen MR) is 95.4 cm³/mol. The number of pyridine rings is 1. The number of primary amides is 1. The van der Waals surface area contributed by atoms with Crippen LogP contribution in [0.5, 0.6) is 0 Å². The number of nitrogens with one attached hydrogen (secondary N) is 1. The minimum atomic E-state index is -0.623. The van der Waals surface area contributed by atoms with Crippen molar-refractivity contribution in [3.05, 3.63) is 58.9 Å². The maximum absolute atomic E-state index is 10.9. The van der Waals surface area contributed by atoms with Crippen molar-refractivity contribution in [2.24, 2.45) is 5.73 Å². The molecule has 0 spiro atoms. The van der Waals surface area contributed by atoms with E-state index >= 15 is 0 Å². The van der Waals surface area contributed by atoms with Crippen molar-refractivity contribution in [2.75, 3.05) is 0 Å². The fourth-order valence-electron chi connectivity index (χ4n) is 2.54. The van der Waals surface area contributed by atoms with Crippen molar-refractivity contribution >= 4 is 34.6 Å². The van der Waals surface area contributed by atoms with E-state index in [0.29, 0.717) is 10.6 Å². The van der Waals surface area contributed by atoms with Crippen LogP contribution in [0.25, 0.3) is 28.2 Å². The zero-order valence-electron chi connectivity index (χ0n) is 13.0. The number of aliphatic hydroxyl groups excluding tert-OH is 1. The first kappa shape index (κ1) is 16.2. The number of aliphatic hydroxyl groups is 1. The maximum atomic E-state index is 10.9. The Hall–Kier alpha value is -2.63. The fraction of sp³-hybridized carbons (Fsp3) is 0.111. The molecule has 4 N–H and O–H groups in total. The van der Waals surface area contributed by atoms with Gasteiger partial charge in [0, 0.05) is 40.0 Å². The molecule has 0 unspecified atom stereocenters. The lowest BCUT2D eigenvalue weighted by atomic mass is 10.0. The Kier molecular flexibility index (Phi) is 4.38. The van der Waals surface area contributed by atoms with Crippen molar-refractivity contribution in [1.29, 1.82) is 0 Å². The van der Waals surface area contributed by atoms with Crippen LogP contribution in [0.3, 0.4) is 0 Å². The topological polar surface area (TPSA) is 92.0 Å². The van der Waals surface area contributed by atoms with Gasteiger partial charge in [-0.1, -0.05) is 23.7 Å². The minimum absolute atomic E-state index is 0.505. The molecule has 1 amide bonds. The van der Waals surface area contributed by atoms with Gasteiger partial charge in [0.05, 0.1) is 6.10 Å². The Labute approximate surface area is 143 Å². The average molecular weight is 342 g/mol. The number of hydrogen-bond donors (Lipinski definition) is 3. The molecule has 0 fully saturated rings. The summed E-state index contributed by atoms with van der Waals surface area (Å²) in [4.78, 5) is 18.4. The van der Waals surface area contributed by atoms with Gasteiger partial charge in [0.1, 0.15) is 5.65 Å². The number of aromatic amines is 1.